The molecule has 0 fully saturated rings. The molecule has 0 saturated heterocycles. The van der Waals surface area contributed by atoms with Gasteiger partial charge in [-0.3, -0.25) is 4.79 Å². The number of hydrogen-bond acceptors (Lipinski definition) is 5. The van der Waals surface area contributed by atoms with Gasteiger partial charge in [0.05, 0.1) is 27.5 Å². The highest BCUT2D eigenvalue weighted by Crippen LogP contribution is 2.38. The van der Waals surface area contributed by atoms with Crippen molar-refractivity contribution in [2.75, 3.05) is 21.3 Å². The Morgan fingerprint density at radius 1 is 0.893 bits per heavy atom. The summed E-state index contributed by atoms with van der Waals surface area (Å²) in [5.41, 5.74) is 3.27. The van der Waals surface area contributed by atoms with Crippen molar-refractivity contribution in [1.82, 2.24) is 5.43 Å². The lowest BCUT2D eigenvalue weighted by Crippen LogP contribution is -2.17. The number of carbonyl (C=O) groups is 1. The van der Waals surface area contributed by atoms with Gasteiger partial charge in [0.25, 0.3) is 0 Å². The quantitative estimate of drug-likeness (QED) is 0.257. The summed E-state index contributed by atoms with van der Waals surface area (Å²) in [7, 11) is 4.67. The number of hydrogen-bond donors (Lipinski definition) is 1. The van der Waals surface area contributed by atoms with Crippen LogP contribution in [0.5, 0.6) is 17.2 Å². The number of unbranched alkanes of at least 4 members (excludes halogenated alkanes) is 8. The fraction of sp³-hybridized carbons (Fsp3) is 0.636. The van der Waals surface area contributed by atoms with Crippen LogP contribution in [-0.4, -0.2) is 33.5 Å². The second-order valence-electron chi connectivity index (χ2n) is 6.80. The average Bonchev–Trinajstić information content (AvgIpc) is 2.71. The molecule has 0 aliphatic heterocycles. The Labute approximate surface area is 169 Å². The smallest absolute Gasteiger partial charge is 0.240 e. The number of hydrazone groups is 1. The molecule has 1 aromatic rings. The van der Waals surface area contributed by atoms with Gasteiger partial charge in [0, 0.05) is 12.0 Å². The summed E-state index contributed by atoms with van der Waals surface area (Å²) in [5.74, 6) is 1.51. The first-order chi connectivity index (χ1) is 13.7. The highest BCUT2D eigenvalue weighted by atomic mass is 16.5. The first kappa shape index (κ1) is 23.8. The maximum Gasteiger partial charge on any atom is 0.240 e. The largest absolute Gasteiger partial charge is 0.493 e. The molecular weight excluding hydrogens is 356 g/mol. The van der Waals surface area contributed by atoms with E-state index in [1.54, 1.807) is 39.7 Å². The summed E-state index contributed by atoms with van der Waals surface area (Å²) in [6.07, 6.45) is 13.1. The van der Waals surface area contributed by atoms with E-state index in [2.05, 4.69) is 17.5 Å². The van der Waals surface area contributed by atoms with Crippen molar-refractivity contribution in [2.24, 2.45) is 5.10 Å². The molecule has 1 N–H and O–H groups in total. The molecule has 6 nitrogen and oxygen atoms in total. The number of nitrogens with one attached hydrogen (secondary N) is 1. The van der Waals surface area contributed by atoms with E-state index in [4.69, 9.17) is 14.2 Å². The Kier molecular flexibility index (Phi) is 12.6. The molecule has 0 aromatic heterocycles. The van der Waals surface area contributed by atoms with E-state index in [9.17, 15) is 4.79 Å². The Bertz CT molecular complexity index is 602. The van der Waals surface area contributed by atoms with Crippen LogP contribution < -0.4 is 19.6 Å². The zero-order valence-electron chi connectivity index (χ0n) is 17.9. The van der Waals surface area contributed by atoms with Crippen LogP contribution in [0.2, 0.25) is 0 Å². The summed E-state index contributed by atoms with van der Waals surface area (Å²) in [4.78, 5) is 11.9. The Morgan fingerprint density at radius 2 is 1.50 bits per heavy atom. The van der Waals surface area contributed by atoms with Gasteiger partial charge in [-0.1, -0.05) is 58.3 Å². The third-order valence-electron chi connectivity index (χ3n) is 4.63. The van der Waals surface area contributed by atoms with E-state index in [1.807, 2.05) is 0 Å². The predicted octanol–water partition coefficient (Wildman–Crippen LogP) is 5.08. The molecule has 158 valence electrons. The first-order valence-corrected chi connectivity index (χ1v) is 10.3. The minimum Gasteiger partial charge on any atom is -0.493 e. The van der Waals surface area contributed by atoms with Gasteiger partial charge in [-0.05, 0) is 18.6 Å². The van der Waals surface area contributed by atoms with Gasteiger partial charge >= 0.3 is 0 Å². The Hall–Kier alpha value is -2.24. The van der Waals surface area contributed by atoms with Crippen LogP contribution in [-0.2, 0) is 4.79 Å². The minimum absolute atomic E-state index is 0.0707. The van der Waals surface area contributed by atoms with Crippen molar-refractivity contribution in [1.29, 1.82) is 0 Å². The lowest BCUT2D eigenvalue weighted by atomic mass is 10.1. The standard InChI is InChI=1S/C22H36N2O4/c1-5-6-7-8-9-10-11-12-13-14-20(25)24-23-17-18-15-16-19(26-2)22(28-4)21(18)27-3/h15-17H,5-14H2,1-4H3,(H,24,25). The summed E-state index contributed by atoms with van der Waals surface area (Å²) in [6, 6.07) is 3.57. The molecule has 0 atom stereocenters. The Morgan fingerprint density at radius 3 is 2.07 bits per heavy atom. The van der Waals surface area contributed by atoms with Gasteiger partial charge in [-0.2, -0.15) is 5.10 Å². The third kappa shape index (κ3) is 8.63. The van der Waals surface area contributed by atoms with Crippen molar-refractivity contribution >= 4 is 12.1 Å². The molecule has 0 saturated carbocycles. The van der Waals surface area contributed by atoms with Crippen LogP contribution in [0.25, 0.3) is 0 Å². The second kappa shape index (κ2) is 14.8. The third-order valence-corrected chi connectivity index (χ3v) is 4.63. The summed E-state index contributed by atoms with van der Waals surface area (Å²) in [6.45, 7) is 2.24. The highest BCUT2D eigenvalue weighted by molar-refractivity contribution is 5.87. The molecule has 0 aliphatic rings. The van der Waals surface area contributed by atoms with E-state index in [0.29, 0.717) is 29.2 Å². The van der Waals surface area contributed by atoms with Gasteiger partial charge in [0.15, 0.2) is 11.5 Å². The molecule has 1 aromatic carbocycles. The normalized spacial score (nSPS) is 10.9. The number of methoxy groups -OCH3 is 3. The lowest BCUT2D eigenvalue weighted by molar-refractivity contribution is -0.121. The Balaban J connectivity index is 2.32. The molecule has 1 rings (SSSR count). The molecule has 0 heterocycles. The van der Waals surface area contributed by atoms with Crippen molar-refractivity contribution in [3.63, 3.8) is 0 Å². The number of amides is 1. The van der Waals surface area contributed by atoms with Crippen LogP contribution in [0.3, 0.4) is 0 Å². The molecule has 28 heavy (non-hydrogen) atoms. The molecule has 0 aliphatic carbocycles. The number of carbonyl (C=O) groups excluding carboxylic acids is 1. The van der Waals surface area contributed by atoms with Crippen molar-refractivity contribution < 1.29 is 19.0 Å². The van der Waals surface area contributed by atoms with E-state index >= 15 is 0 Å². The SMILES string of the molecule is CCCCCCCCCCCC(=O)NN=Cc1ccc(OC)c(OC)c1OC. The summed E-state index contributed by atoms with van der Waals surface area (Å²) < 4.78 is 16.0. The van der Waals surface area contributed by atoms with Crippen LogP contribution in [0, 0.1) is 0 Å². The van der Waals surface area contributed by atoms with Gasteiger partial charge in [0.1, 0.15) is 0 Å². The molecule has 0 bridgehead atoms. The molecule has 6 heteroatoms. The fourth-order valence-electron chi connectivity index (χ4n) is 3.05. The average molecular weight is 393 g/mol. The van der Waals surface area contributed by atoms with E-state index in [-0.39, 0.29) is 5.91 Å². The molecule has 0 radical (unpaired) electrons. The van der Waals surface area contributed by atoms with Crippen molar-refractivity contribution in [2.45, 2.75) is 71.1 Å². The zero-order chi connectivity index (χ0) is 20.6. The van der Waals surface area contributed by atoms with Crippen LogP contribution in [0.1, 0.15) is 76.7 Å². The molecule has 0 spiro atoms. The molecular formula is C22H36N2O4. The monoisotopic (exact) mass is 392 g/mol. The van der Waals surface area contributed by atoms with Crippen LogP contribution >= 0.6 is 0 Å². The van der Waals surface area contributed by atoms with Gasteiger partial charge in [0.2, 0.25) is 11.7 Å². The number of benzene rings is 1. The van der Waals surface area contributed by atoms with Crippen LogP contribution in [0.15, 0.2) is 17.2 Å². The minimum atomic E-state index is -0.0707. The molecule has 0 unspecified atom stereocenters. The first-order valence-electron chi connectivity index (χ1n) is 10.3. The van der Waals surface area contributed by atoms with Crippen LogP contribution in [0.4, 0.5) is 0 Å². The van der Waals surface area contributed by atoms with Gasteiger partial charge in [-0.25, -0.2) is 5.43 Å². The maximum atomic E-state index is 11.9. The number of ether oxygens (including phenoxy) is 3. The topological polar surface area (TPSA) is 69.2 Å². The van der Waals surface area contributed by atoms with Crippen molar-refractivity contribution in [3.05, 3.63) is 17.7 Å². The van der Waals surface area contributed by atoms with Gasteiger partial charge < -0.3 is 14.2 Å². The predicted molar refractivity (Wildman–Crippen MR) is 114 cm³/mol. The van der Waals surface area contributed by atoms with E-state index in [0.717, 1.165) is 12.8 Å². The number of rotatable bonds is 15. The number of nitrogens with zero attached hydrogens (tertiary/aromatic N) is 1. The second-order valence-corrected chi connectivity index (χ2v) is 6.80. The molecule has 1 amide bonds. The summed E-state index contributed by atoms with van der Waals surface area (Å²) >= 11 is 0. The maximum absolute atomic E-state index is 11.9. The van der Waals surface area contributed by atoms with Crippen molar-refractivity contribution in [3.8, 4) is 17.2 Å². The zero-order valence-corrected chi connectivity index (χ0v) is 17.9. The fourth-order valence-corrected chi connectivity index (χ4v) is 3.05. The lowest BCUT2D eigenvalue weighted by Gasteiger charge is -2.13. The summed E-state index contributed by atoms with van der Waals surface area (Å²) in [5, 5.41) is 4.04. The highest BCUT2D eigenvalue weighted by Gasteiger charge is 2.14. The van der Waals surface area contributed by atoms with Gasteiger partial charge in [-0.15, -0.1) is 0 Å². The van der Waals surface area contributed by atoms with E-state index in [1.165, 1.54) is 44.9 Å². The van der Waals surface area contributed by atoms with E-state index < -0.39 is 0 Å².